The molecule has 0 amide bonds. The number of rotatable bonds is 6. The van der Waals surface area contributed by atoms with Crippen LogP contribution < -0.4 is 4.74 Å². The molecule has 0 saturated heterocycles. The molecule has 0 heterocycles. The van der Waals surface area contributed by atoms with E-state index < -0.39 is 39.0 Å². The molecule has 138 valence electrons. The van der Waals surface area contributed by atoms with Gasteiger partial charge in [-0.3, -0.25) is 4.79 Å². The normalized spacial score (nSPS) is 24.9. The van der Waals surface area contributed by atoms with E-state index in [0.29, 0.717) is 11.3 Å². The first-order valence-corrected chi connectivity index (χ1v) is 9.62. The Kier molecular flexibility index (Phi) is 4.54. The second kappa shape index (κ2) is 6.41. The number of aliphatic carboxylic acids is 1. The number of carbonyl (C=O) groups is 1. The zero-order valence-electron chi connectivity index (χ0n) is 14.4. The van der Waals surface area contributed by atoms with Crippen molar-refractivity contribution in [2.45, 2.75) is 23.0 Å². The summed E-state index contributed by atoms with van der Waals surface area (Å²) in [4.78, 5) is 12.0. The lowest BCUT2D eigenvalue weighted by Gasteiger charge is -2.10. The summed E-state index contributed by atoms with van der Waals surface area (Å²) in [7, 11) is -2.43. The second-order valence-electron chi connectivity index (χ2n) is 6.53. The minimum absolute atomic E-state index is 0.0585. The van der Waals surface area contributed by atoms with Crippen molar-refractivity contribution < 1.29 is 28.2 Å². The largest absolute Gasteiger partial charge is 0.497 e. The lowest BCUT2D eigenvalue weighted by Crippen LogP contribution is -2.27. The van der Waals surface area contributed by atoms with Crippen LogP contribution in [0, 0.1) is 12.3 Å². The smallest absolute Gasteiger partial charge is 0.314 e. The van der Waals surface area contributed by atoms with Gasteiger partial charge < -0.3 is 14.9 Å². The molecule has 26 heavy (non-hydrogen) atoms. The lowest BCUT2D eigenvalue weighted by molar-refractivity contribution is -0.145. The van der Waals surface area contributed by atoms with Crippen molar-refractivity contribution in [1.29, 1.82) is 0 Å². The van der Waals surface area contributed by atoms with E-state index in [0.717, 1.165) is 5.56 Å². The van der Waals surface area contributed by atoms with Crippen molar-refractivity contribution in [2.75, 3.05) is 13.7 Å². The van der Waals surface area contributed by atoms with Gasteiger partial charge in [0.1, 0.15) is 11.2 Å². The molecule has 1 aliphatic carbocycles. The predicted octanol–water partition coefficient (Wildman–Crippen LogP) is 2.01. The van der Waals surface area contributed by atoms with E-state index in [9.17, 15) is 23.4 Å². The molecule has 1 aliphatic rings. The van der Waals surface area contributed by atoms with E-state index in [4.69, 9.17) is 4.74 Å². The number of carboxylic acid groups (broad SMARTS) is 1. The van der Waals surface area contributed by atoms with Gasteiger partial charge in [0.05, 0.1) is 23.9 Å². The van der Waals surface area contributed by atoms with Crippen LogP contribution in [-0.4, -0.2) is 43.6 Å². The number of aliphatic hydroxyl groups excluding tert-OH is 1. The molecule has 0 unspecified atom stereocenters. The van der Waals surface area contributed by atoms with E-state index >= 15 is 0 Å². The SMILES string of the molecule is COc1ccc([C@@H]2[C@H](S(=O)(=O)c3ccc(C)cc3)[C@@]2(CO)C(=O)O)cc1. The van der Waals surface area contributed by atoms with Gasteiger partial charge in [0.2, 0.25) is 0 Å². The molecule has 1 fully saturated rings. The van der Waals surface area contributed by atoms with Crippen LogP contribution in [0.4, 0.5) is 0 Å². The molecular weight excluding hydrogens is 356 g/mol. The maximum absolute atomic E-state index is 13.1. The van der Waals surface area contributed by atoms with Crippen molar-refractivity contribution in [1.82, 2.24) is 0 Å². The van der Waals surface area contributed by atoms with Gasteiger partial charge in [-0.2, -0.15) is 0 Å². The van der Waals surface area contributed by atoms with Crippen LogP contribution in [0.1, 0.15) is 17.0 Å². The fourth-order valence-corrected chi connectivity index (χ4v) is 5.89. The Labute approximate surface area is 152 Å². The average molecular weight is 376 g/mol. The van der Waals surface area contributed by atoms with E-state index in [1.54, 1.807) is 36.4 Å². The van der Waals surface area contributed by atoms with Crippen molar-refractivity contribution in [2.24, 2.45) is 5.41 Å². The van der Waals surface area contributed by atoms with Crippen LogP contribution in [0.15, 0.2) is 53.4 Å². The summed E-state index contributed by atoms with van der Waals surface area (Å²) in [5, 5.41) is 18.3. The Morgan fingerprint density at radius 2 is 1.69 bits per heavy atom. The number of aliphatic hydroxyl groups is 1. The van der Waals surface area contributed by atoms with Gasteiger partial charge in [0.15, 0.2) is 9.84 Å². The van der Waals surface area contributed by atoms with Crippen LogP contribution >= 0.6 is 0 Å². The number of sulfone groups is 1. The summed E-state index contributed by atoms with van der Waals surface area (Å²) in [6.45, 7) is 1.08. The third-order valence-electron chi connectivity index (χ3n) is 5.07. The molecule has 0 spiro atoms. The van der Waals surface area contributed by atoms with Crippen molar-refractivity contribution in [3.63, 3.8) is 0 Å². The Balaban J connectivity index is 2.08. The molecule has 6 nitrogen and oxygen atoms in total. The van der Waals surface area contributed by atoms with Gasteiger partial charge in [-0.05, 0) is 36.8 Å². The van der Waals surface area contributed by atoms with Gasteiger partial charge in [0, 0.05) is 5.92 Å². The van der Waals surface area contributed by atoms with Crippen molar-refractivity contribution in [3.8, 4) is 5.75 Å². The summed E-state index contributed by atoms with van der Waals surface area (Å²) in [6, 6.07) is 12.8. The molecule has 2 N–H and O–H groups in total. The minimum Gasteiger partial charge on any atom is -0.497 e. The summed E-state index contributed by atoms with van der Waals surface area (Å²) in [6.07, 6.45) is 0. The van der Waals surface area contributed by atoms with Gasteiger partial charge in [-0.25, -0.2) is 8.42 Å². The molecule has 0 radical (unpaired) electrons. The zero-order valence-corrected chi connectivity index (χ0v) is 15.2. The van der Waals surface area contributed by atoms with Crippen LogP contribution in [0.25, 0.3) is 0 Å². The highest BCUT2D eigenvalue weighted by Gasteiger charge is 2.75. The second-order valence-corrected chi connectivity index (χ2v) is 8.60. The first-order valence-electron chi connectivity index (χ1n) is 8.08. The minimum atomic E-state index is -3.93. The average Bonchev–Trinajstić information content (AvgIpc) is 3.34. The van der Waals surface area contributed by atoms with E-state index in [1.807, 2.05) is 6.92 Å². The van der Waals surface area contributed by atoms with Gasteiger partial charge in [-0.1, -0.05) is 29.8 Å². The van der Waals surface area contributed by atoms with Crippen LogP contribution in [0.2, 0.25) is 0 Å². The molecular formula is C19H20O6S. The molecule has 2 aromatic rings. The van der Waals surface area contributed by atoms with Crippen LogP contribution in [0.5, 0.6) is 5.75 Å². The zero-order chi connectivity index (χ0) is 19.1. The maximum Gasteiger partial charge on any atom is 0.314 e. The summed E-state index contributed by atoms with van der Waals surface area (Å²) >= 11 is 0. The highest BCUT2D eigenvalue weighted by molar-refractivity contribution is 7.92. The number of hydrogen-bond donors (Lipinski definition) is 2. The first kappa shape index (κ1) is 18.4. The molecule has 0 aromatic heterocycles. The molecule has 3 rings (SSSR count). The Bertz CT molecular complexity index is 918. The Morgan fingerprint density at radius 1 is 1.12 bits per heavy atom. The van der Waals surface area contributed by atoms with E-state index in [2.05, 4.69) is 0 Å². The summed E-state index contributed by atoms with van der Waals surface area (Å²) in [5.74, 6) is -1.57. The highest BCUT2D eigenvalue weighted by atomic mass is 32.2. The topological polar surface area (TPSA) is 101 Å². The number of benzene rings is 2. The fraction of sp³-hybridized carbons (Fsp3) is 0.316. The molecule has 0 aliphatic heterocycles. The Hall–Kier alpha value is -2.38. The monoisotopic (exact) mass is 376 g/mol. The lowest BCUT2D eigenvalue weighted by atomic mass is 10.00. The molecule has 1 saturated carbocycles. The number of ether oxygens (including phenoxy) is 1. The van der Waals surface area contributed by atoms with Crippen LogP contribution in [-0.2, 0) is 14.6 Å². The predicted molar refractivity (Wildman–Crippen MR) is 95.0 cm³/mol. The van der Waals surface area contributed by atoms with Gasteiger partial charge in [0.25, 0.3) is 0 Å². The molecule has 3 atom stereocenters. The number of carboxylic acids is 1. The molecule has 2 aromatic carbocycles. The summed E-state index contributed by atoms with van der Waals surface area (Å²) < 4.78 is 31.3. The van der Waals surface area contributed by atoms with E-state index in [1.165, 1.54) is 19.2 Å². The molecule has 0 bridgehead atoms. The maximum atomic E-state index is 13.1. The van der Waals surface area contributed by atoms with Crippen LogP contribution in [0.3, 0.4) is 0 Å². The van der Waals surface area contributed by atoms with E-state index in [-0.39, 0.29) is 4.90 Å². The van der Waals surface area contributed by atoms with Crippen molar-refractivity contribution >= 4 is 15.8 Å². The quantitative estimate of drug-likeness (QED) is 0.800. The number of methoxy groups -OCH3 is 1. The first-order chi connectivity index (χ1) is 12.3. The Morgan fingerprint density at radius 3 is 2.15 bits per heavy atom. The number of aryl methyl sites for hydroxylation is 1. The number of hydrogen-bond acceptors (Lipinski definition) is 5. The fourth-order valence-electron chi connectivity index (χ4n) is 3.53. The molecule has 7 heteroatoms. The van der Waals surface area contributed by atoms with Gasteiger partial charge in [-0.15, -0.1) is 0 Å². The third kappa shape index (κ3) is 2.68. The van der Waals surface area contributed by atoms with Crippen molar-refractivity contribution in [3.05, 3.63) is 59.7 Å². The van der Waals surface area contributed by atoms with Gasteiger partial charge >= 0.3 is 5.97 Å². The standard InChI is InChI=1S/C19H20O6S/c1-12-3-9-15(10-4-12)26(23,24)17-16(19(17,11-20)18(21)22)13-5-7-14(25-2)8-6-13/h3-10,16-17,20H,11H2,1-2H3,(H,21,22)/t16-,17+,19+/m1/s1. The highest BCUT2D eigenvalue weighted by Crippen LogP contribution is 2.64. The third-order valence-corrected chi connectivity index (χ3v) is 7.37. The summed E-state index contributed by atoms with van der Waals surface area (Å²) in [5.41, 5.74) is -0.306.